The molecule has 31 heavy (non-hydrogen) atoms. The van der Waals surface area contributed by atoms with Gasteiger partial charge in [0.25, 0.3) is 11.8 Å². The summed E-state index contributed by atoms with van der Waals surface area (Å²) >= 11 is 0. The lowest BCUT2D eigenvalue weighted by Gasteiger charge is -2.27. The highest BCUT2D eigenvalue weighted by molar-refractivity contribution is 5.99. The van der Waals surface area contributed by atoms with Gasteiger partial charge in [0.2, 0.25) is 0 Å². The lowest BCUT2D eigenvalue weighted by molar-refractivity contribution is 0.0721. The minimum atomic E-state index is -0.266. The first kappa shape index (κ1) is 21.4. The number of carbonyl (C=O) groups excluding carboxylic acids is 2. The van der Waals surface area contributed by atoms with Gasteiger partial charge in [0, 0.05) is 48.7 Å². The Morgan fingerprint density at radius 2 is 1.90 bits per heavy atom. The minimum absolute atomic E-state index is 0.0235. The molecule has 1 saturated carbocycles. The summed E-state index contributed by atoms with van der Waals surface area (Å²) < 4.78 is 5.17. The van der Waals surface area contributed by atoms with Crippen molar-refractivity contribution in [2.45, 2.75) is 50.7 Å². The molecule has 1 aliphatic carbocycles. The molecular formula is C25H31N3O3. The maximum Gasteiger partial charge on any atom is 0.256 e. The van der Waals surface area contributed by atoms with Gasteiger partial charge < -0.3 is 20.3 Å². The number of nitrogens with zero attached hydrogens (tertiary/aromatic N) is 1. The SMILES string of the molecule is COCCCN1C(=O)c2ccccc2C1Nc1cccc(C(=O)NC2CCCCC2)c1. The van der Waals surface area contributed by atoms with Crippen LogP contribution in [0.3, 0.4) is 0 Å². The molecule has 164 valence electrons. The molecular weight excluding hydrogens is 390 g/mol. The molecule has 1 unspecified atom stereocenters. The van der Waals surface area contributed by atoms with E-state index >= 15 is 0 Å². The van der Waals surface area contributed by atoms with Crippen LogP contribution in [0.2, 0.25) is 0 Å². The van der Waals surface area contributed by atoms with Crippen LogP contribution in [0.1, 0.15) is 71.0 Å². The molecule has 2 aromatic carbocycles. The van der Waals surface area contributed by atoms with Crippen molar-refractivity contribution in [1.29, 1.82) is 0 Å². The average Bonchev–Trinajstić information content (AvgIpc) is 3.06. The standard InChI is InChI=1S/C25H31N3O3/c1-31-16-8-15-28-23(21-13-5-6-14-22(21)25(28)30)26-20-12-7-9-18(17-20)24(29)27-19-10-3-2-4-11-19/h5-7,9,12-14,17,19,23,26H,2-4,8,10-11,15-16H2,1H3,(H,27,29). The van der Waals surface area contributed by atoms with Gasteiger partial charge in [-0.05, 0) is 43.5 Å². The number of nitrogens with one attached hydrogen (secondary N) is 2. The molecule has 6 heteroatoms. The lowest BCUT2D eigenvalue weighted by Crippen LogP contribution is -2.36. The molecule has 0 spiro atoms. The van der Waals surface area contributed by atoms with Gasteiger partial charge in [-0.3, -0.25) is 9.59 Å². The highest BCUT2D eigenvalue weighted by Crippen LogP contribution is 2.34. The number of ether oxygens (including phenoxy) is 1. The molecule has 1 atom stereocenters. The van der Waals surface area contributed by atoms with Gasteiger partial charge in [-0.1, -0.05) is 43.5 Å². The predicted octanol–water partition coefficient (Wildman–Crippen LogP) is 4.35. The van der Waals surface area contributed by atoms with Crippen molar-refractivity contribution in [1.82, 2.24) is 10.2 Å². The summed E-state index contributed by atoms with van der Waals surface area (Å²) in [7, 11) is 1.67. The summed E-state index contributed by atoms with van der Waals surface area (Å²) in [5.74, 6) is -0.00852. The number of anilines is 1. The zero-order chi connectivity index (χ0) is 21.6. The molecule has 0 bridgehead atoms. The number of benzene rings is 2. The smallest absolute Gasteiger partial charge is 0.256 e. The Hall–Kier alpha value is -2.86. The van der Waals surface area contributed by atoms with Crippen molar-refractivity contribution >= 4 is 17.5 Å². The first-order valence-corrected chi connectivity index (χ1v) is 11.2. The van der Waals surface area contributed by atoms with Crippen molar-refractivity contribution in [3.63, 3.8) is 0 Å². The van der Waals surface area contributed by atoms with E-state index in [1.54, 1.807) is 7.11 Å². The fourth-order valence-corrected chi connectivity index (χ4v) is 4.56. The van der Waals surface area contributed by atoms with E-state index < -0.39 is 0 Å². The van der Waals surface area contributed by atoms with Crippen LogP contribution in [0.4, 0.5) is 5.69 Å². The summed E-state index contributed by atoms with van der Waals surface area (Å²) in [6.45, 7) is 1.20. The molecule has 0 saturated heterocycles. The van der Waals surface area contributed by atoms with Gasteiger partial charge in [0.15, 0.2) is 0 Å². The molecule has 6 nitrogen and oxygen atoms in total. The van der Waals surface area contributed by atoms with Gasteiger partial charge >= 0.3 is 0 Å². The number of rotatable bonds is 8. The van der Waals surface area contributed by atoms with Gasteiger partial charge in [0.1, 0.15) is 6.17 Å². The maximum atomic E-state index is 13.0. The first-order chi connectivity index (χ1) is 15.2. The zero-order valence-corrected chi connectivity index (χ0v) is 18.1. The van der Waals surface area contributed by atoms with E-state index in [0.717, 1.165) is 36.1 Å². The Bertz CT molecular complexity index is 924. The zero-order valence-electron chi connectivity index (χ0n) is 18.1. The summed E-state index contributed by atoms with van der Waals surface area (Å²) in [4.78, 5) is 27.6. The second kappa shape index (κ2) is 9.96. The number of hydrogen-bond acceptors (Lipinski definition) is 4. The van der Waals surface area contributed by atoms with Crippen LogP contribution in [0, 0.1) is 0 Å². The van der Waals surface area contributed by atoms with Gasteiger partial charge in [0.05, 0.1) is 0 Å². The van der Waals surface area contributed by atoms with Crippen molar-refractivity contribution in [2.24, 2.45) is 0 Å². The monoisotopic (exact) mass is 421 g/mol. The van der Waals surface area contributed by atoms with Crippen LogP contribution in [0.5, 0.6) is 0 Å². The number of amides is 2. The average molecular weight is 422 g/mol. The highest BCUT2D eigenvalue weighted by atomic mass is 16.5. The van der Waals surface area contributed by atoms with Crippen LogP contribution in [-0.4, -0.2) is 43.0 Å². The van der Waals surface area contributed by atoms with Crippen molar-refractivity contribution in [3.8, 4) is 0 Å². The fourth-order valence-electron chi connectivity index (χ4n) is 4.56. The highest BCUT2D eigenvalue weighted by Gasteiger charge is 2.36. The Kier molecular flexibility index (Phi) is 6.87. The molecule has 0 radical (unpaired) electrons. The van der Waals surface area contributed by atoms with Crippen molar-refractivity contribution in [2.75, 3.05) is 25.6 Å². The number of hydrogen-bond donors (Lipinski definition) is 2. The molecule has 1 fully saturated rings. The maximum absolute atomic E-state index is 13.0. The topological polar surface area (TPSA) is 70.7 Å². The van der Waals surface area contributed by atoms with Crippen LogP contribution in [-0.2, 0) is 4.74 Å². The van der Waals surface area contributed by atoms with Crippen LogP contribution >= 0.6 is 0 Å². The minimum Gasteiger partial charge on any atom is -0.385 e. The van der Waals surface area contributed by atoms with Crippen molar-refractivity contribution < 1.29 is 14.3 Å². The Morgan fingerprint density at radius 3 is 2.71 bits per heavy atom. The Balaban J connectivity index is 1.50. The van der Waals surface area contributed by atoms with E-state index in [1.807, 2.05) is 53.4 Å². The Morgan fingerprint density at radius 1 is 1.10 bits per heavy atom. The van der Waals surface area contributed by atoms with Gasteiger partial charge in [-0.25, -0.2) is 0 Å². The van der Waals surface area contributed by atoms with E-state index in [4.69, 9.17) is 4.74 Å². The molecule has 2 aromatic rings. The normalized spacial score (nSPS) is 18.7. The third-order valence-corrected chi connectivity index (χ3v) is 6.17. The van der Waals surface area contributed by atoms with Gasteiger partial charge in [-0.15, -0.1) is 0 Å². The van der Waals surface area contributed by atoms with E-state index in [1.165, 1.54) is 19.3 Å². The second-order valence-electron chi connectivity index (χ2n) is 8.37. The molecule has 2 N–H and O–H groups in total. The third-order valence-electron chi connectivity index (χ3n) is 6.17. The van der Waals surface area contributed by atoms with Crippen LogP contribution in [0.25, 0.3) is 0 Å². The lowest BCUT2D eigenvalue weighted by atomic mass is 9.95. The largest absolute Gasteiger partial charge is 0.385 e. The third kappa shape index (κ3) is 4.90. The van der Waals surface area contributed by atoms with E-state index in [0.29, 0.717) is 18.7 Å². The molecule has 1 heterocycles. The summed E-state index contributed by atoms with van der Waals surface area (Å²) in [6.07, 6.45) is 6.23. The van der Waals surface area contributed by atoms with Crippen LogP contribution < -0.4 is 10.6 Å². The molecule has 2 amide bonds. The van der Waals surface area contributed by atoms with E-state index in [9.17, 15) is 9.59 Å². The van der Waals surface area contributed by atoms with Crippen molar-refractivity contribution in [3.05, 3.63) is 65.2 Å². The predicted molar refractivity (Wildman–Crippen MR) is 121 cm³/mol. The quantitative estimate of drug-likeness (QED) is 0.622. The van der Waals surface area contributed by atoms with Gasteiger partial charge in [-0.2, -0.15) is 0 Å². The number of fused-ring (bicyclic) bond motifs is 1. The molecule has 2 aliphatic rings. The molecule has 0 aromatic heterocycles. The number of methoxy groups -OCH3 is 1. The fraction of sp³-hybridized carbons (Fsp3) is 0.440. The first-order valence-electron chi connectivity index (χ1n) is 11.2. The Labute approximate surface area is 184 Å². The van der Waals surface area contributed by atoms with E-state index in [2.05, 4.69) is 10.6 Å². The molecule has 1 aliphatic heterocycles. The molecule has 4 rings (SSSR count). The van der Waals surface area contributed by atoms with E-state index in [-0.39, 0.29) is 24.0 Å². The summed E-state index contributed by atoms with van der Waals surface area (Å²) in [6, 6.07) is 15.5. The summed E-state index contributed by atoms with van der Waals surface area (Å²) in [5.41, 5.74) is 3.15. The number of carbonyl (C=O) groups is 2. The summed E-state index contributed by atoms with van der Waals surface area (Å²) in [5, 5.41) is 6.66. The van der Waals surface area contributed by atoms with Crippen LogP contribution in [0.15, 0.2) is 48.5 Å². The second-order valence-corrected chi connectivity index (χ2v) is 8.37.